The third kappa shape index (κ3) is 3.10. The van der Waals surface area contributed by atoms with Crippen LogP contribution in [0, 0.1) is 10.5 Å². The van der Waals surface area contributed by atoms with Crippen LogP contribution in [0.1, 0.15) is 25.9 Å². The van der Waals surface area contributed by atoms with Crippen molar-refractivity contribution in [2.45, 2.75) is 6.92 Å². The Kier molecular flexibility index (Phi) is 4.15. The van der Waals surface area contributed by atoms with Gasteiger partial charge in [-0.3, -0.25) is 4.79 Å². The molecule has 0 aliphatic carbocycles. The van der Waals surface area contributed by atoms with Crippen LogP contribution in [0.5, 0.6) is 0 Å². The molecule has 0 aliphatic heterocycles. The zero-order valence-electron chi connectivity index (χ0n) is 9.81. The number of hydrogen-bond acceptors (Lipinski definition) is 4. The molecule has 98 valence electrons. The molecule has 2 aromatic rings. The molecule has 7 heteroatoms. The van der Waals surface area contributed by atoms with Crippen LogP contribution >= 0.6 is 33.9 Å². The number of carboxylic acid groups (broad SMARTS) is 1. The Morgan fingerprint density at radius 2 is 2.16 bits per heavy atom. The van der Waals surface area contributed by atoms with Crippen molar-refractivity contribution in [2.24, 2.45) is 0 Å². The number of aromatic nitrogens is 1. The number of benzene rings is 1. The Hall–Kier alpha value is -1.48. The highest BCUT2D eigenvalue weighted by Crippen LogP contribution is 2.21. The highest BCUT2D eigenvalue weighted by Gasteiger charge is 2.15. The van der Waals surface area contributed by atoms with Gasteiger partial charge in [0.1, 0.15) is 0 Å². The topological polar surface area (TPSA) is 79.3 Å². The SMILES string of the molecule is Cc1c(I)cccc1NC(=O)c1nc(C(=O)O)cs1. The van der Waals surface area contributed by atoms with Crippen LogP contribution in [-0.2, 0) is 0 Å². The summed E-state index contributed by atoms with van der Waals surface area (Å²) in [4.78, 5) is 26.4. The lowest BCUT2D eigenvalue weighted by Gasteiger charge is -2.08. The zero-order valence-corrected chi connectivity index (χ0v) is 12.8. The van der Waals surface area contributed by atoms with Gasteiger partial charge < -0.3 is 10.4 Å². The van der Waals surface area contributed by atoms with Crippen molar-refractivity contribution in [1.29, 1.82) is 0 Å². The van der Waals surface area contributed by atoms with Crippen molar-refractivity contribution < 1.29 is 14.7 Å². The second kappa shape index (κ2) is 5.66. The highest BCUT2D eigenvalue weighted by atomic mass is 127. The standard InChI is InChI=1S/C12H9IN2O3S/c1-6-7(13)3-2-4-8(6)14-10(16)11-15-9(5-19-11)12(17)18/h2-5H,1H3,(H,14,16)(H,17,18). The number of halogens is 1. The minimum atomic E-state index is -1.14. The molecule has 1 amide bonds. The summed E-state index contributed by atoms with van der Waals surface area (Å²) in [6.07, 6.45) is 0. The molecule has 0 atom stereocenters. The second-order valence-electron chi connectivity index (χ2n) is 3.71. The predicted octanol–water partition coefficient (Wildman–Crippen LogP) is 3.01. The smallest absolute Gasteiger partial charge is 0.355 e. The third-order valence-corrected chi connectivity index (χ3v) is 4.44. The number of aromatic carboxylic acids is 1. The summed E-state index contributed by atoms with van der Waals surface area (Å²) in [6.45, 7) is 1.90. The van der Waals surface area contributed by atoms with Gasteiger partial charge in [-0.15, -0.1) is 11.3 Å². The molecule has 19 heavy (non-hydrogen) atoms. The summed E-state index contributed by atoms with van der Waals surface area (Å²) in [6, 6.07) is 5.58. The monoisotopic (exact) mass is 388 g/mol. The lowest BCUT2D eigenvalue weighted by molar-refractivity contribution is 0.0691. The van der Waals surface area contributed by atoms with Crippen LogP contribution < -0.4 is 5.32 Å². The van der Waals surface area contributed by atoms with E-state index in [0.29, 0.717) is 5.69 Å². The van der Waals surface area contributed by atoms with Gasteiger partial charge >= 0.3 is 5.97 Å². The number of nitrogens with one attached hydrogen (secondary N) is 1. The van der Waals surface area contributed by atoms with E-state index in [4.69, 9.17) is 5.11 Å². The first kappa shape index (κ1) is 13.9. The van der Waals surface area contributed by atoms with Gasteiger partial charge in [0.05, 0.1) is 0 Å². The summed E-state index contributed by atoms with van der Waals surface area (Å²) in [5.74, 6) is -1.54. The molecule has 0 bridgehead atoms. The number of carbonyl (C=O) groups is 2. The molecular formula is C12H9IN2O3S. The minimum absolute atomic E-state index is 0.116. The van der Waals surface area contributed by atoms with Crippen molar-refractivity contribution in [1.82, 2.24) is 4.98 Å². The van der Waals surface area contributed by atoms with Gasteiger partial charge in [-0.05, 0) is 47.2 Å². The molecule has 0 radical (unpaired) electrons. The Labute approximate surface area is 126 Å². The summed E-state index contributed by atoms with van der Waals surface area (Å²) in [7, 11) is 0. The molecule has 0 aliphatic rings. The summed E-state index contributed by atoms with van der Waals surface area (Å²) >= 11 is 3.19. The molecule has 0 spiro atoms. The first-order chi connectivity index (χ1) is 8.99. The Morgan fingerprint density at radius 1 is 1.42 bits per heavy atom. The number of amides is 1. The number of carboxylic acids is 1. The molecule has 0 fully saturated rings. The van der Waals surface area contributed by atoms with Gasteiger partial charge in [-0.25, -0.2) is 9.78 Å². The van der Waals surface area contributed by atoms with Crippen molar-refractivity contribution in [3.8, 4) is 0 Å². The average molecular weight is 388 g/mol. The first-order valence-corrected chi connectivity index (χ1v) is 7.20. The van der Waals surface area contributed by atoms with E-state index in [0.717, 1.165) is 20.5 Å². The highest BCUT2D eigenvalue weighted by molar-refractivity contribution is 14.1. The van der Waals surface area contributed by atoms with Crippen molar-refractivity contribution in [2.75, 3.05) is 5.32 Å². The summed E-state index contributed by atoms with van der Waals surface area (Å²) in [5.41, 5.74) is 1.55. The lowest BCUT2D eigenvalue weighted by Crippen LogP contribution is -2.13. The molecule has 1 aromatic heterocycles. The van der Waals surface area contributed by atoms with E-state index >= 15 is 0 Å². The molecule has 0 saturated heterocycles. The van der Waals surface area contributed by atoms with E-state index < -0.39 is 11.9 Å². The molecule has 1 aromatic carbocycles. The van der Waals surface area contributed by atoms with Crippen LogP contribution in [0.25, 0.3) is 0 Å². The van der Waals surface area contributed by atoms with Gasteiger partial charge in [0.2, 0.25) is 0 Å². The molecule has 2 rings (SSSR count). The van der Waals surface area contributed by atoms with Crippen LogP contribution in [0.2, 0.25) is 0 Å². The number of carbonyl (C=O) groups excluding carboxylic acids is 1. The predicted molar refractivity (Wildman–Crippen MR) is 80.9 cm³/mol. The maximum atomic E-state index is 12.0. The number of thiazole rings is 1. The van der Waals surface area contributed by atoms with Crippen LogP contribution in [0.3, 0.4) is 0 Å². The van der Waals surface area contributed by atoms with Gasteiger partial charge in [-0.2, -0.15) is 0 Å². The maximum Gasteiger partial charge on any atom is 0.355 e. The quantitative estimate of drug-likeness (QED) is 0.793. The van der Waals surface area contributed by atoms with E-state index in [-0.39, 0.29) is 10.7 Å². The largest absolute Gasteiger partial charge is 0.476 e. The number of rotatable bonds is 3. The van der Waals surface area contributed by atoms with Crippen LogP contribution in [-0.4, -0.2) is 22.0 Å². The summed E-state index contributed by atoms with van der Waals surface area (Å²) in [5, 5.41) is 13.0. The Balaban J connectivity index is 2.21. The van der Waals surface area contributed by atoms with Crippen molar-refractivity contribution >= 4 is 51.5 Å². The normalized spacial score (nSPS) is 10.2. The fourth-order valence-corrected chi connectivity index (χ4v) is 2.58. The number of hydrogen-bond donors (Lipinski definition) is 2. The van der Waals surface area contributed by atoms with Gasteiger partial charge in [-0.1, -0.05) is 6.07 Å². The lowest BCUT2D eigenvalue weighted by atomic mass is 10.2. The van der Waals surface area contributed by atoms with Gasteiger partial charge in [0, 0.05) is 14.6 Å². The zero-order chi connectivity index (χ0) is 14.0. The molecule has 5 nitrogen and oxygen atoms in total. The Morgan fingerprint density at radius 3 is 2.79 bits per heavy atom. The van der Waals surface area contributed by atoms with E-state index in [9.17, 15) is 9.59 Å². The molecule has 2 N–H and O–H groups in total. The van der Waals surface area contributed by atoms with Crippen LogP contribution in [0.4, 0.5) is 5.69 Å². The van der Waals surface area contributed by atoms with E-state index in [1.54, 1.807) is 6.07 Å². The second-order valence-corrected chi connectivity index (χ2v) is 5.73. The van der Waals surface area contributed by atoms with E-state index in [2.05, 4.69) is 32.9 Å². The van der Waals surface area contributed by atoms with Gasteiger partial charge in [0.15, 0.2) is 10.7 Å². The summed E-state index contributed by atoms with van der Waals surface area (Å²) < 4.78 is 1.04. The Bertz CT molecular complexity index is 654. The van der Waals surface area contributed by atoms with Gasteiger partial charge in [0.25, 0.3) is 5.91 Å². The average Bonchev–Trinajstić information content (AvgIpc) is 2.84. The maximum absolute atomic E-state index is 12.0. The van der Waals surface area contributed by atoms with Crippen molar-refractivity contribution in [3.63, 3.8) is 0 Å². The fraction of sp³-hybridized carbons (Fsp3) is 0.0833. The number of nitrogens with zero attached hydrogens (tertiary/aromatic N) is 1. The van der Waals surface area contributed by atoms with Crippen LogP contribution in [0.15, 0.2) is 23.6 Å². The molecule has 0 saturated carbocycles. The molecular weight excluding hydrogens is 379 g/mol. The first-order valence-electron chi connectivity index (χ1n) is 5.24. The third-order valence-electron chi connectivity index (χ3n) is 2.43. The minimum Gasteiger partial charge on any atom is -0.476 e. The van der Waals surface area contributed by atoms with E-state index in [1.807, 2.05) is 19.1 Å². The fourth-order valence-electron chi connectivity index (χ4n) is 1.39. The van der Waals surface area contributed by atoms with Crippen molar-refractivity contribution in [3.05, 3.63) is 43.4 Å². The molecule has 0 unspecified atom stereocenters. The number of anilines is 1. The van der Waals surface area contributed by atoms with E-state index in [1.165, 1.54) is 5.38 Å². The molecule has 1 heterocycles.